The van der Waals surface area contributed by atoms with E-state index < -0.39 is 23.8 Å². The molecule has 1 atom stereocenters. The summed E-state index contributed by atoms with van der Waals surface area (Å²) >= 11 is 1.57. The lowest BCUT2D eigenvalue weighted by Crippen LogP contribution is -2.36. The number of nitrogens with one attached hydrogen (secondary N) is 1. The average Bonchev–Trinajstić information content (AvgIpc) is 3.64. The summed E-state index contributed by atoms with van der Waals surface area (Å²) < 4.78 is 44.3. The van der Waals surface area contributed by atoms with E-state index in [0.717, 1.165) is 41.5 Å². The molecule has 2 aromatic heterocycles. The molecule has 0 spiro atoms. The Morgan fingerprint density at radius 2 is 2.13 bits per heavy atom. The summed E-state index contributed by atoms with van der Waals surface area (Å²) in [6.45, 7) is 0.490. The highest BCUT2D eigenvalue weighted by molar-refractivity contribution is 7.10. The molecule has 5 rings (SSSR count). The Morgan fingerprint density at radius 3 is 2.85 bits per heavy atom. The van der Waals surface area contributed by atoms with Gasteiger partial charge in [-0.1, -0.05) is 24.0 Å². The van der Waals surface area contributed by atoms with Gasteiger partial charge in [-0.2, -0.15) is 13.2 Å². The predicted molar refractivity (Wildman–Crippen MR) is 138 cm³/mol. The van der Waals surface area contributed by atoms with E-state index in [1.165, 1.54) is 11.0 Å². The van der Waals surface area contributed by atoms with Crippen LogP contribution in [0.3, 0.4) is 0 Å². The molecular weight excluding hydrogens is 531 g/mol. The minimum absolute atomic E-state index is 0.0853. The van der Waals surface area contributed by atoms with Crippen LogP contribution in [0.1, 0.15) is 64.0 Å². The van der Waals surface area contributed by atoms with E-state index in [0.29, 0.717) is 36.5 Å². The van der Waals surface area contributed by atoms with E-state index >= 15 is 0 Å². The number of H-pyrrole nitrogens is 1. The Bertz CT molecular complexity index is 1510. The molecule has 1 saturated carbocycles. The van der Waals surface area contributed by atoms with Crippen molar-refractivity contribution in [1.29, 1.82) is 0 Å². The van der Waals surface area contributed by atoms with Crippen LogP contribution < -0.4 is 5.56 Å². The van der Waals surface area contributed by atoms with Crippen LogP contribution in [0.4, 0.5) is 13.2 Å². The number of fused-ring (bicyclic) bond motifs is 1. The fraction of sp³-hybridized carbons (Fsp3) is 0.393. The first-order valence-electron chi connectivity index (χ1n) is 12.5. The van der Waals surface area contributed by atoms with E-state index in [1.54, 1.807) is 18.4 Å². The molecule has 3 aromatic rings. The molecule has 11 heteroatoms. The molecule has 2 aliphatic rings. The van der Waals surface area contributed by atoms with Gasteiger partial charge in [0.2, 0.25) is 0 Å². The first-order valence-corrected chi connectivity index (χ1v) is 13.3. The molecule has 1 aliphatic heterocycles. The molecule has 39 heavy (non-hydrogen) atoms. The maximum absolute atomic E-state index is 13.2. The van der Waals surface area contributed by atoms with Gasteiger partial charge in [-0.05, 0) is 49.4 Å². The van der Waals surface area contributed by atoms with Gasteiger partial charge in [-0.25, -0.2) is 4.98 Å². The summed E-state index contributed by atoms with van der Waals surface area (Å²) in [6.07, 6.45) is -3.74. The molecule has 0 radical (unpaired) electrons. The van der Waals surface area contributed by atoms with E-state index in [-0.39, 0.29) is 29.6 Å². The quantitative estimate of drug-likeness (QED) is 0.464. The van der Waals surface area contributed by atoms with Gasteiger partial charge in [0.05, 0.1) is 28.8 Å². The number of ether oxygens (including phenoxy) is 1. The van der Waals surface area contributed by atoms with Gasteiger partial charge in [0.1, 0.15) is 12.4 Å². The van der Waals surface area contributed by atoms with Crippen LogP contribution in [0, 0.1) is 11.8 Å². The zero-order chi connectivity index (χ0) is 27.8. The molecule has 0 saturated heterocycles. The van der Waals surface area contributed by atoms with Gasteiger partial charge in [-0.3, -0.25) is 9.59 Å². The number of methoxy groups -OCH3 is 1. The lowest BCUT2D eigenvalue weighted by atomic mass is 10.0. The average molecular weight is 558 g/mol. The van der Waals surface area contributed by atoms with E-state index in [2.05, 4.69) is 16.8 Å². The van der Waals surface area contributed by atoms with Crippen molar-refractivity contribution in [2.24, 2.45) is 0 Å². The van der Waals surface area contributed by atoms with Crippen molar-refractivity contribution < 1.29 is 27.8 Å². The number of aromatic amines is 1. The number of amides is 1. The number of hydrogen-bond donors (Lipinski definition) is 2. The highest BCUT2D eigenvalue weighted by Gasteiger charge is 2.50. The standard InChI is InChI=1S/C28H26F3N3O4S/c1-38-12-4-5-17-13-22(39-16-17)27(9-10-27)26-32-21-8-3-11-34(15-20(21)24(36)33-26)25(37)23(35)18-6-2-7-19(14-18)28(29,30)31/h2,6-7,13-14,16,23,35H,3,8-12,15H2,1H3,(H,32,33,36). The molecule has 0 bridgehead atoms. The zero-order valence-electron chi connectivity index (χ0n) is 21.1. The molecule has 1 aromatic carbocycles. The molecule has 3 heterocycles. The van der Waals surface area contributed by atoms with Crippen molar-refractivity contribution >= 4 is 17.2 Å². The Labute approximate surface area is 226 Å². The molecular formula is C28H26F3N3O4S. The summed E-state index contributed by atoms with van der Waals surface area (Å²) in [7, 11) is 1.58. The number of alkyl halides is 3. The number of thiophene rings is 1. The third-order valence-electron chi connectivity index (χ3n) is 7.09. The number of hydrogen-bond acceptors (Lipinski definition) is 6. The van der Waals surface area contributed by atoms with Gasteiger partial charge in [0.15, 0.2) is 6.10 Å². The minimum Gasteiger partial charge on any atom is -0.378 e. The van der Waals surface area contributed by atoms with Crippen LogP contribution in [-0.2, 0) is 34.1 Å². The number of aryl methyl sites for hydroxylation is 1. The molecule has 1 fully saturated rings. The highest BCUT2D eigenvalue weighted by atomic mass is 32.1. The monoisotopic (exact) mass is 557 g/mol. The zero-order valence-corrected chi connectivity index (χ0v) is 21.9. The summed E-state index contributed by atoms with van der Waals surface area (Å²) in [6, 6.07) is 6.09. The van der Waals surface area contributed by atoms with Crippen molar-refractivity contribution in [1.82, 2.24) is 14.9 Å². The first kappa shape index (κ1) is 27.1. The summed E-state index contributed by atoms with van der Waals surface area (Å²) in [5.74, 6) is 5.83. The van der Waals surface area contributed by atoms with E-state index in [4.69, 9.17) is 9.72 Å². The fourth-order valence-electron chi connectivity index (χ4n) is 4.82. The van der Waals surface area contributed by atoms with Crippen molar-refractivity contribution in [3.8, 4) is 11.8 Å². The van der Waals surface area contributed by atoms with Crippen LogP contribution in [0.2, 0.25) is 0 Å². The van der Waals surface area contributed by atoms with Crippen LogP contribution >= 0.6 is 11.3 Å². The molecule has 7 nitrogen and oxygen atoms in total. The predicted octanol–water partition coefficient (Wildman–Crippen LogP) is 3.94. The van der Waals surface area contributed by atoms with E-state index in [9.17, 15) is 27.9 Å². The molecule has 1 amide bonds. The maximum atomic E-state index is 13.2. The largest absolute Gasteiger partial charge is 0.416 e. The van der Waals surface area contributed by atoms with Crippen LogP contribution in [-0.4, -0.2) is 46.1 Å². The summed E-state index contributed by atoms with van der Waals surface area (Å²) in [4.78, 5) is 36.5. The Balaban J connectivity index is 1.38. The lowest BCUT2D eigenvalue weighted by Gasteiger charge is -2.24. The van der Waals surface area contributed by atoms with Crippen molar-refractivity contribution in [3.63, 3.8) is 0 Å². The molecule has 2 N–H and O–H groups in total. The smallest absolute Gasteiger partial charge is 0.378 e. The highest BCUT2D eigenvalue weighted by Crippen LogP contribution is 2.54. The lowest BCUT2D eigenvalue weighted by molar-refractivity contribution is -0.142. The van der Waals surface area contributed by atoms with Gasteiger partial charge >= 0.3 is 6.18 Å². The Kier molecular flexibility index (Phi) is 7.37. The Morgan fingerprint density at radius 1 is 1.33 bits per heavy atom. The number of benzene rings is 1. The first-order chi connectivity index (χ1) is 18.6. The second kappa shape index (κ2) is 10.6. The number of carbonyl (C=O) groups excluding carboxylic acids is 1. The van der Waals surface area contributed by atoms with E-state index in [1.807, 2.05) is 11.4 Å². The molecule has 1 unspecified atom stereocenters. The molecule has 1 aliphatic carbocycles. The normalized spacial score (nSPS) is 17.0. The minimum atomic E-state index is -4.60. The van der Waals surface area contributed by atoms with Crippen molar-refractivity contribution in [2.75, 3.05) is 20.3 Å². The number of aromatic nitrogens is 2. The third kappa shape index (κ3) is 5.50. The Hall–Kier alpha value is -3.46. The van der Waals surface area contributed by atoms with Gasteiger partial charge in [0, 0.05) is 29.5 Å². The van der Waals surface area contributed by atoms with Crippen LogP contribution in [0.15, 0.2) is 40.5 Å². The summed E-state index contributed by atoms with van der Waals surface area (Å²) in [5.41, 5.74) is -0.0269. The number of halogens is 3. The van der Waals surface area contributed by atoms with Gasteiger partial charge < -0.3 is 19.7 Å². The van der Waals surface area contributed by atoms with Crippen molar-refractivity contribution in [3.05, 3.63) is 84.7 Å². The van der Waals surface area contributed by atoms with Gasteiger partial charge in [0.25, 0.3) is 11.5 Å². The molecule has 204 valence electrons. The second-order valence-corrected chi connectivity index (χ2v) is 10.7. The van der Waals surface area contributed by atoms with Crippen molar-refractivity contribution in [2.45, 2.75) is 49.9 Å². The number of rotatable bonds is 5. The third-order valence-corrected chi connectivity index (χ3v) is 8.22. The number of aliphatic hydroxyl groups excluding tert-OH is 1. The van der Waals surface area contributed by atoms with Crippen LogP contribution in [0.25, 0.3) is 0 Å². The number of carbonyl (C=O) groups is 1. The number of aliphatic hydroxyl groups is 1. The fourth-order valence-corrected chi connectivity index (χ4v) is 5.93. The van der Waals surface area contributed by atoms with Crippen LogP contribution in [0.5, 0.6) is 0 Å². The van der Waals surface area contributed by atoms with Gasteiger partial charge in [-0.15, -0.1) is 11.3 Å². The SMILES string of the molecule is COCC#Cc1csc(C2(c3nc4c(c(=O)[nH]3)CN(C(=O)C(O)c3cccc(C(F)(F)F)c3)CCC4)CC2)c1. The topological polar surface area (TPSA) is 95.5 Å². The summed E-state index contributed by atoms with van der Waals surface area (Å²) in [5, 5.41) is 12.6. The maximum Gasteiger partial charge on any atom is 0.416 e. The number of nitrogens with zero attached hydrogens (tertiary/aromatic N) is 2. The second-order valence-electron chi connectivity index (χ2n) is 9.75.